The number of rotatable bonds is 4. The lowest BCUT2D eigenvalue weighted by atomic mass is 9.62. The molecule has 5 rings (SSSR count). The maximum Gasteiger partial charge on any atom is 0.328 e. The zero-order valence-corrected chi connectivity index (χ0v) is 19.7. The Morgan fingerprint density at radius 2 is 1.66 bits per heavy atom. The number of aromatic hydroxyl groups is 1. The van der Waals surface area contributed by atoms with Gasteiger partial charge in [0.2, 0.25) is 5.88 Å². The van der Waals surface area contributed by atoms with Gasteiger partial charge in [-0.2, -0.15) is 0 Å². The monoisotopic (exact) mass is 431 g/mol. The molecule has 2 aromatic heterocycles. The minimum Gasteiger partial charge on any atom is -0.493 e. The molecule has 2 N–H and O–H groups in total. The fourth-order valence-corrected chi connectivity index (χ4v) is 5.55. The molecule has 5 heteroatoms. The maximum absolute atomic E-state index is 11.8. The van der Waals surface area contributed by atoms with Crippen molar-refractivity contribution in [3.63, 3.8) is 0 Å². The molecule has 0 amide bonds. The lowest BCUT2D eigenvalue weighted by molar-refractivity contribution is 0.331. The fraction of sp³-hybridized carbons (Fsp3) is 0.481. The van der Waals surface area contributed by atoms with Crippen LogP contribution < -0.4 is 5.69 Å². The van der Waals surface area contributed by atoms with E-state index in [0.717, 1.165) is 24.1 Å². The number of hydrogen-bond acceptors (Lipinski definition) is 3. The Morgan fingerprint density at radius 1 is 1.00 bits per heavy atom. The Bertz CT molecular complexity index is 1240. The normalized spacial score (nSPS) is 20.0. The second kappa shape index (κ2) is 6.84. The van der Waals surface area contributed by atoms with E-state index in [4.69, 9.17) is 4.98 Å². The first-order chi connectivity index (χ1) is 15.0. The number of aromatic amines is 1. The number of nitrogens with zero attached hydrogens (tertiary/aromatic N) is 2. The average Bonchev–Trinajstić information content (AvgIpc) is 3.49. The second-order valence-corrected chi connectivity index (χ2v) is 11.2. The van der Waals surface area contributed by atoms with Crippen molar-refractivity contribution in [2.24, 2.45) is 0 Å². The molecular weight excluding hydrogens is 398 g/mol. The highest BCUT2D eigenvalue weighted by Crippen LogP contribution is 2.56. The van der Waals surface area contributed by atoms with E-state index in [1.54, 1.807) is 0 Å². The summed E-state index contributed by atoms with van der Waals surface area (Å²) in [7, 11) is 0. The van der Waals surface area contributed by atoms with Gasteiger partial charge in [-0.05, 0) is 77.3 Å². The number of hydrogen-bond donors (Lipinski definition) is 2. The summed E-state index contributed by atoms with van der Waals surface area (Å²) < 4.78 is 1.31. The molecule has 0 spiro atoms. The predicted octanol–water partition coefficient (Wildman–Crippen LogP) is 5.06. The number of benzene rings is 1. The van der Waals surface area contributed by atoms with Gasteiger partial charge in [0.25, 0.3) is 0 Å². The molecule has 0 radical (unpaired) electrons. The summed E-state index contributed by atoms with van der Waals surface area (Å²) in [6, 6.07) is 9.07. The van der Waals surface area contributed by atoms with Gasteiger partial charge in [0.1, 0.15) is 0 Å². The Morgan fingerprint density at radius 3 is 2.19 bits per heavy atom. The van der Waals surface area contributed by atoms with Crippen molar-refractivity contribution >= 4 is 0 Å². The first-order valence-electron chi connectivity index (χ1n) is 11.6. The first-order valence-corrected chi connectivity index (χ1v) is 11.6. The molecule has 3 aromatic rings. The standard InChI is InChI=1S/C27H33N3O2/c1-17-12-20-21(26(4,5)9-8-25(20,2)3)13-19(17)27(10-11-27)22-7-6-18(14-28-22)16-30-23(31)15-29-24(30)32/h6-7,12-15,31H,8-11,16H2,1-5H3,(H,29,32). The molecule has 0 aliphatic heterocycles. The number of aromatic nitrogens is 3. The van der Waals surface area contributed by atoms with Crippen molar-refractivity contribution < 1.29 is 5.11 Å². The predicted molar refractivity (Wildman–Crippen MR) is 127 cm³/mol. The molecular formula is C27H33N3O2. The van der Waals surface area contributed by atoms with Crippen LogP contribution in [0.3, 0.4) is 0 Å². The third kappa shape index (κ3) is 3.21. The second-order valence-electron chi connectivity index (χ2n) is 11.2. The Labute approximate surface area is 189 Å². The fourth-order valence-electron chi connectivity index (χ4n) is 5.55. The van der Waals surface area contributed by atoms with Gasteiger partial charge in [-0.3, -0.25) is 9.55 Å². The summed E-state index contributed by atoms with van der Waals surface area (Å²) in [5.41, 5.74) is 7.85. The van der Waals surface area contributed by atoms with Gasteiger partial charge >= 0.3 is 5.69 Å². The van der Waals surface area contributed by atoms with Crippen LogP contribution in [0.25, 0.3) is 0 Å². The molecule has 32 heavy (non-hydrogen) atoms. The van der Waals surface area contributed by atoms with Gasteiger partial charge < -0.3 is 10.1 Å². The number of fused-ring (bicyclic) bond motifs is 1. The van der Waals surface area contributed by atoms with Crippen LogP contribution in [-0.4, -0.2) is 19.6 Å². The molecule has 1 fully saturated rings. The lowest BCUT2D eigenvalue weighted by Gasteiger charge is -2.43. The summed E-state index contributed by atoms with van der Waals surface area (Å²) in [5, 5.41) is 9.85. The number of aryl methyl sites for hydroxylation is 1. The SMILES string of the molecule is Cc1cc2c(cc1C1(c3ccc(Cn4c(O)c[nH]c4=O)cn3)CC1)C(C)(C)CCC2(C)C. The molecule has 168 valence electrons. The molecule has 0 bridgehead atoms. The minimum absolute atomic E-state index is 0.0115. The third-order valence-corrected chi connectivity index (χ3v) is 7.97. The Balaban J connectivity index is 1.51. The summed E-state index contributed by atoms with van der Waals surface area (Å²) in [6.07, 6.45) is 7.81. The first kappa shape index (κ1) is 21.0. The van der Waals surface area contributed by atoms with Crippen LogP contribution in [0, 0.1) is 6.92 Å². The van der Waals surface area contributed by atoms with Gasteiger partial charge in [-0.25, -0.2) is 4.79 Å². The van der Waals surface area contributed by atoms with E-state index in [2.05, 4.69) is 57.8 Å². The number of imidazole rings is 1. The summed E-state index contributed by atoms with van der Waals surface area (Å²) >= 11 is 0. The topological polar surface area (TPSA) is 70.9 Å². The summed E-state index contributed by atoms with van der Waals surface area (Å²) in [6.45, 7) is 12.1. The van der Waals surface area contributed by atoms with Crippen LogP contribution in [0.4, 0.5) is 0 Å². The highest BCUT2D eigenvalue weighted by Gasteiger charge is 2.49. The number of H-pyrrole nitrogens is 1. The van der Waals surface area contributed by atoms with E-state index >= 15 is 0 Å². The highest BCUT2D eigenvalue weighted by atomic mass is 16.3. The van der Waals surface area contributed by atoms with E-state index in [-0.39, 0.29) is 27.8 Å². The van der Waals surface area contributed by atoms with Crippen molar-refractivity contribution in [1.29, 1.82) is 0 Å². The van der Waals surface area contributed by atoms with E-state index in [9.17, 15) is 9.90 Å². The molecule has 2 heterocycles. The lowest BCUT2D eigenvalue weighted by Crippen LogP contribution is -2.34. The van der Waals surface area contributed by atoms with E-state index in [1.807, 2.05) is 12.3 Å². The largest absolute Gasteiger partial charge is 0.493 e. The van der Waals surface area contributed by atoms with E-state index < -0.39 is 0 Å². The van der Waals surface area contributed by atoms with Gasteiger partial charge in [0, 0.05) is 11.6 Å². The zero-order valence-electron chi connectivity index (χ0n) is 19.7. The van der Waals surface area contributed by atoms with Crippen molar-refractivity contribution in [3.05, 3.63) is 80.7 Å². The van der Waals surface area contributed by atoms with Crippen LogP contribution in [0.1, 0.15) is 86.9 Å². The van der Waals surface area contributed by atoms with Crippen LogP contribution in [0.15, 0.2) is 41.5 Å². The van der Waals surface area contributed by atoms with Crippen molar-refractivity contribution in [1.82, 2.24) is 14.5 Å². The van der Waals surface area contributed by atoms with Crippen LogP contribution in [0.2, 0.25) is 0 Å². The molecule has 2 aliphatic rings. The summed E-state index contributed by atoms with van der Waals surface area (Å²) in [4.78, 5) is 19.2. The Kier molecular flexibility index (Phi) is 4.50. The third-order valence-electron chi connectivity index (χ3n) is 7.97. The quantitative estimate of drug-likeness (QED) is 0.606. The van der Waals surface area contributed by atoms with Crippen LogP contribution in [0.5, 0.6) is 5.88 Å². The van der Waals surface area contributed by atoms with Crippen molar-refractivity contribution in [2.45, 2.75) is 83.1 Å². The zero-order chi connectivity index (χ0) is 22.9. The van der Waals surface area contributed by atoms with Gasteiger partial charge in [-0.15, -0.1) is 0 Å². The molecule has 0 saturated heterocycles. The Hall–Kier alpha value is -2.82. The van der Waals surface area contributed by atoms with Gasteiger partial charge in [-0.1, -0.05) is 45.9 Å². The number of nitrogens with one attached hydrogen (secondary N) is 1. The van der Waals surface area contributed by atoms with E-state index in [0.29, 0.717) is 6.54 Å². The number of pyridine rings is 1. The van der Waals surface area contributed by atoms with Crippen LogP contribution in [-0.2, 0) is 22.8 Å². The van der Waals surface area contributed by atoms with E-state index in [1.165, 1.54) is 45.9 Å². The molecule has 0 atom stereocenters. The van der Waals surface area contributed by atoms with Crippen molar-refractivity contribution in [2.75, 3.05) is 0 Å². The van der Waals surface area contributed by atoms with Gasteiger partial charge in [0.05, 0.1) is 18.4 Å². The van der Waals surface area contributed by atoms with Crippen LogP contribution >= 0.6 is 0 Å². The molecule has 1 aromatic carbocycles. The maximum atomic E-state index is 11.8. The molecule has 0 unspecified atom stereocenters. The average molecular weight is 432 g/mol. The minimum atomic E-state index is -0.319. The smallest absolute Gasteiger partial charge is 0.328 e. The molecule has 1 saturated carbocycles. The summed E-state index contributed by atoms with van der Waals surface area (Å²) in [5.74, 6) is -0.0621. The van der Waals surface area contributed by atoms with Gasteiger partial charge in [0.15, 0.2) is 0 Å². The molecule has 5 nitrogen and oxygen atoms in total. The van der Waals surface area contributed by atoms with Crippen molar-refractivity contribution in [3.8, 4) is 5.88 Å². The molecule has 2 aliphatic carbocycles. The highest BCUT2D eigenvalue weighted by molar-refractivity contribution is 5.53.